The van der Waals surface area contributed by atoms with Crippen molar-refractivity contribution in [1.29, 1.82) is 0 Å². The molecule has 0 atom stereocenters. The molecule has 0 aliphatic heterocycles. The molecule has 0 heterocycles. The first kappa shape index (κ1) is 9.56. The molecular weight excluding hydrogens is 170 g/mol. The van der Waals surface area contributed by atoms with Crippen LogP contribution in [0.1, 0.15) is 30.9 Å². The topological polar surface area (TPSA) is 26.0 Å². The van der Waals surface area contributed by atoms with Gasteiger partial charge in [0, 0.05) is 11.6 Å². The Labute approximate surface area is 78.5 Å². The minimum atomic E-state index is 0.488. The Bertz CT molecular complexity index is 269. The SMILES string of the molecule is CC(C)c1cc(Cl)ccc1CN. The van der Waals surface area contributed by atoms with E-state index >= 15 is 0 Å². The molecule has 0 aliphatic rings. The highest BCUT2D eigenvalue weighted by Gasteiger charge is 2.05. The predicted octanol–water partition coefficient (Wildman–Crippen LogP) is 2.92. The molecule has 0 radical (unpaired) electrons. The van der Waals surface area contributed by atoms with E-state index in [9.17, 15) is 0 Å². The molecule has 1 aromatic carbocycles. The lowest BCUT2D eigenvalue weighted by Gasteiger charge is -2.11. The smallest absolute Gasteiger partial charge is 0.0409 e. The van der Waals surface area contributed by atoms with Crippen molar-refractivity contribution in [2.45, 2.75) is 26.3 Å². The number of rotatable bonds is 2. The van der Waals surface area contributed by atoms with Crippen molar-refractivity contribution in [2.75, 3.05) is 0 Å². The largest absolute Gasteiger partial charge is 0.326 e. The van der Waals surface area contributed by atoms with E-state index in [-0.39, 0.29) is 0 Å². The normalized spacial score (nSPS) is 10.8. The third kappa shape index (κ3) is 1.99. The number of hydrogen-bond donors (Lipinski definition) is 1. The molecule has 66 valence electrons. The first-order valence-corrected chi connectivity index (χ1v) is 4.51. The summed E-state index contributed by atoms with van der Waals surface area (Å²) in [6, 6.07) is 5.88. The molecule has 0 spiro atoms. The average molecular weight is 184 g/mol. The quantitative estimate of drug-likeness (QED) is 0.750. The Morgan fingerprint density at radius 2 is 2.08 bits per heavy atom. The van der Waals surface area contributed by atoms with Crippen LogP contribution >= 0.6 is 11.6 Å². The van der Waals surface area contributed by atoms with Crippen LogP contribution < -0.4 is 5.73 Å². The third-order valence-electron chi connectivity index (χ3n) is 1.95. The maximum absolute atomic E-state index is 5.88. The third-order valence-corrected chi connectivity index (χ3v) is 2.18. The Morgan fingerprint density at radius 1 is 1.42 bits per heavy atom. The molecule has 0 bridgehead atoms. The standard InChI is InChI=1S/C10H14ClN/c1-7(2)10-5-9(11)4-3-8(10)6-12/h3-5,7H,6,12H2,1-2H3. The van der Waals surface area contributed by atoms with E-state index < -0.39 is 0 Å². The van der Waals surface area contributed by atoms with Crippen molar-refractivity contribution < 1.29 is 0 Å². The number of nitrogens with two attached hydrogens (primary N) is 1. The van der Waals surface area contributed by atoms with Crippen LogP contribution in [0.25, 0.3) is 0 Å². The van der Waals surface area contributed by atoms with Gasteiger partial charge in [0.15, 0.2) is 0 Å². The van der Waals surface area contributed by atoms with E-state index in [1.807, 2.05) is 18.2 Å². The zero-order valence-electron chi connectivity index (χ0n) is 7.47. The summed E-state index contributed by atoms with van der Waals surface area (Å²) >= 11 is 5.88. The second kappa shape index (κ2) is 3.92. The van der Waals surface area contributed by atoms with Gasteiger partial charge in [-0.2, -0.15) is 0 Å². The molecule has 0 unspecified atom stereocenters. The maximum atomic E-state index is 5.88. The van der Waals surface area contributed by atoms with Crippen LogP contribution in [0, 0.1) is 0 Å². The molecule has 0 fully saturated rings. The molecule has 2 N–H and O–H groups in total. The Kier molecular flexibility index (Phi) is 3.12. The van der Waals surface area contributed by atoms with Crippen LogP contribution in [0.3, 0.4) is 0 Å². The van der Waals surface area contributed by atoms with E-state index in [1.54, 1.807) is 0 Å². The van der Waals surface area contributed by atoms with Crippen LogP contribution in [0.4, 0.5) is 0 Å². The van der Waals surface area contributed by atoms with E-state index in [0.717, 1.165) is 5.02 Å². The van der Waals surface area contributed by atoms with Gasteiger partial charge in [0.05, 0.1) is 0 Å². The van der Waals surface area contributed by atoms with Crippen molar-refractivity contribution in [3.8, 4) is 0 Å². The summed E-state index contributed by atoms with van der Waals surface area (Å²) in [5, 5.41) is 0.788. The van der Waals surface area contributed by atoms with Crippen molar-refractivity contribution in [2.24, 2.45) is 5.73 Å². The minimum Gasteiger partial charge on any atom is -0.326 e. The summed E-state index contributed by atoms with van der Waals surface area (Å²) in [5.74, 6) is 0.488. The second-order valence-electron chi connectivity index (χ2n) is 3.20. The van der Waals surface area contributed by atoms with Gasteiger partial charge in [-0.15, -0.1) is 0 Å². The van der Waals surface area contributed by atoms with Gasteiger partial charge in [-0.1, -0.05) is 31.5 Å². The van der Waals surface area contributed by atoms with Gasteiger partial charge < -0.3 is 5.73 Å². The molecule has 1 nitrogen and oxygen atoms in total. The average Bonchev–Trinajstić information content (AvgIpc) is 2.04. The van der Waals surface area contributed by atoms with E-state index in [0.29, 0.717) is 12.5 Å². The van der Waals surface area contributed by atoms with Gasteiger partial charge in [0.2, 0.25) is 0 Å². The Morgan fingerprint density at radius 3 is 2.58 bits per heavy atom. The summed E-state index contributed by atoms with van der Waals surface area (Å²) in [6.07, 6.45) is 0. The molecule has 1 aromatic rings. The van der Waals surface area contributed by atoms with Crippen LogP contribution in [0.5, 0.6) is 0 Å². The van der Waals surface area contributed by atoms with E-state index in [4.69, 9.17) is 17.3 Å². The summed E-state index contributed by atoms with van der Waals surface area (Å²) in [5.41, 5.74) is 8.04. The molecular formula is C10H14ClN. The lowest BCUT2D eigenvalue weighted by molar-refractivity contribution is 0.840. The van der Waals surface area contributed by atoms with Crippen molar-refractivity contribution in [3.63, 3.8) is 0 Å². The first-order valence-electron chi connectivity index (χ1n) is 4.13. The lowest BCUT2D eigenvalue weighted by atomic mass is 9.97. The highest BCUT2D eigenvalue weighted by Crippen LogP contribution is 2.22. The summed E-state index contributed by atoms with van der Waals surface area (Å²) in [4.78, 5) is 0. The molecule has 1 rings (SSSR count). The molecule has 0 saturated carbocycles. The Hall–Kier alpha value is -0.530. The molecule has 0 aliphatic carbocycles. The van der Waals surface area contributed by atoms with E-state index in [1.165, 1.54) is 11.1 Å². The minimum absolute atomic E-state index is 0.488. The fourth-order valence-corrected chi connectivity index (χ4v) is 1.47. The molecule has 0 amide bonds. The molecule has 0 saturated heterocycles. The van der Waals surface area contributed by atoms with Crippen LogP contribution in [0.2, 0.25) is 5.02 Å². The van der Waals surface area contributed by atoms with Gasteiger partial charge in [-0.3, -0.25) is 0 Å². The maximum Gasteiger partial charge on any atom is 0.0409 e. The summed E-state index contributed by atoms with van der Waals surface area (Å²) in [7, 11) is 0. The fourth-order valence-electron chi connectivity index (χ4n) is 1.29. The highest BCUT2D eigenvalue weighted by atomic mass is 35.5. The summed E-state index contributed by atoms with van der Waals surface area (Å²) in [6.45, 7) is 4.88. The number of benzene rings is 1. The van der Waals surface area contributed by atoms with Crippen LogP contribution in [-0.2, 0) is 6.54 Å². The van der Waals surface area contributed by atoms with Crippen molar-refractivity contribution >= 4 is 11.6 Å². The Balaban J connectivity index is 3.12. The fraction of sp³-hybridized carbons (Fsp3) is 0.400. The van der Waals surface area contributed by atoms with Gasteiger partial charge in [0.1, 0.15) is 0 Å². The molecule has 2 heteroatoms. The van der Waals surface area contributed by atoms with Gasteiger partial charge in [-0.25, -0.2) is 0 Å². The van der Waals surface area contributed by atoms with Gasteiger partial charge in [0.25, 0.3) is 0 Å². The van der Waals surface area contributed by atoms with Crippen LogP contribution in [-0.4, -0.2) is 0 Å². The number of hydrogen-bond acceptors (Lipinski definition) is 1. The van der Waals surface area contributed by atoms with Crippen molar-refractivity contribution in [3.05, 3.63) is 34.3 Å². The summed E-state index contributed by atoms with van der Waals surface area (Å²) < 4.78 is 0. The zero-order valence-corrected chi connectivity index (χ0v) is 8.23. The van der Waals surface area contributed by atoms with Gasteiger partial charge in [-0.05, 0) is 29.2 Å². The van der Waals surface area contributed by atoms with Gasteiger partial charge >= 0.3 is 0 Å². The molecule has 12 heavy (non-hydrogen) atoms. The van der Waals surface area contributed by atoms with Crippen molar-refractivity contribution in [1.82, 2.24) is 0 Å². The number of halogens is 1. The van der Waals surface area contributed by atoms with E-state index in [2.05, 4.69) is 13.8 Å². The lowest BCUT2D eigenvalue weighted by Crippen LogP contribution is -2.02. The monoisotopic (exact) mass is 183 g/mol. The zero-order chi connectivity index (χ0) is 9.14. The predicted molar refractivity (Wildman–Crippen MR) is 53.4 cm³/mol. The molecule has 0 aromatic heterocycles. The highest BCUT2D eigenvalue weighted by molar-refractivity contribution is 6.30. The second-order valence-corrected chi connectivity index (χ2v) is 3.64. The first-order chi connectivity index (χ1) is 5.65. The van der Waals surface area contributed by atoms with Crippen LogP contribution in [0.15, 0.2) is 18.2 Å².